The second-order valence-electron chi connectivity index (χ2n) is 4.18. The Morgan fingerprint density at radius 2 is 2.10 bits per heavy atom. The third-order valence-corrected chi connectivity index (χ3v) is 4.17. The van der Waals surface area contributed by atoms with E-state index in [1.165, 1.54) is 26.4 Å². The van der Waals surface area contributed by atoms with Gasteiger partial charge < -0.3 is 20.3 Å². The van der Waals surface area contributed by atoms with Gasteiger partial charge in [-0.1, -0.05) is 0 Å². The first-order valence-electron chi connectivity index (χ1n) is 5.95. The van der Waals surface area contributed by atoms with Gasteiger partial charge in [-0.3, -0.25) is 4.79 Å². The molecule has 0 radical (unpaired) electrons. The zero-order valence-electron chi connectivity index (χ0n) is 11.7. The third kappa shape index (κ3) is 4.39. The summed E-state index contributed by atoms with van der Waals surface area (Å²) in [6.07, 6.45) is 0. The van der Waals surface area contributed by atoms with Crippen LogP contribution >= 0.6 is 0 Å². The molecule has 0 saturated carbocycles. The second kappa shape index (κ2) is 7.36. The molecule has 0 fully saturated rings. The van der Waals surface area contributed by atoms with Crippen LogP contribution in [0.15, 0.2) is 23.1 Å². The lowest BCUT2D eigenvalue weighted by atomic mass is 10.2. The Hall–Kier alpha value is -1.68. The summed E-state index contributed by atoms with van der Waals surface area (Å²) in [5, 5.41) is 9.09. The molecule has 1 amide bonds. The SMILES string of the molecule is COCC(CO)NS(=O)(=O)c1ccc(OC)c(C(N)=O)c1. The zero-order chi connectivity index (χ0) is 16.0. The molecule has 9 heteroatoms. The fraction of sp³-hybridized carbons (Fsp3) is 0.417. The van der Waals surface area contributed by atoms with Gasteiger partial charge in [0.1, 0.15) is 5.75 Å². The van der Waals surface area contributed by atoms with Crippen molar-refractivity contribution >= 4 is 15.9 Å². The molecule has 8 nitrogen and oxygen atoms in total. The maximum Gasteiger partial charge on any atom is 0.252 e. The minimum absolute atomic E-state index is 0.00849. The van der Waals surface area contributed by atoms with Crippen molar-refractivity contribution in [2.75, 3.05) is 27.4 Å². The number of methoxy groups -OCH3 is 2. The number of hydrogen-bond donors (Lipinski definition) is 3. The van der Waals surface area contributed by atoms with E-state index in [1.807, 2.05) is 0 Å². The molecule has 0 spiro atoms. The van der Waals surface area contributed by atoms with Gasteiger partial charge in [0.2, 0.25) is 10.0 Å². The highest BCUT2D eigenvalue weighted by Gasteiger charge is 2.22. The lowest BCUT2D eigenvalue weighted by Gasteiger charge is -2.16. The Kier molecular flexibility index (Phi) is 6.09. The summed E-state index contributed by atoms with van der Waals surface area (Å²) < 4.78 is 36.4. The molecule has 0 bridgehead atoms. The minimum Gasteiger partial charge on any atom is -0.496 e. The van der Waals surface area contributed by atoms with Gasteiger partial charge in [0.25, 0.3) is 5.91 Å². The van der Waals surface area contributed by atoms with E-state index in [1.54, 1.807) is 0 Å². The van der Waals surface area contributed by atoms with Crippen molar-refractivity contribution in [1.29, 1.82) is 0 Å². The summed E-state index contributed by atoms with van der Waals surface area (Å²) in [5.41, 5.74) is 5.13. The topological polar surface area (TPSA) is 128 Å². The van der Waals surface area contributed by atoms with Crippen LogP contribution in [0.2, 0.25) is 0 Å². The van der Waals surface area contributed by atoms with Crippen molar-refractivity contribution in [2.24, 2.45) is 5.73 Å². The number of amides is 1. The lowest BCUT2D eigenvalue weighted by Crippen LogP contribution is -2.40. The van der Waals surface area contributed by atoms with Crippen LogP contribution in [0.1, 0.15) is 10.4 Å². The highest BCUT2D eigenvalue weighted by Crippen LogP contribution is 2.22. The van der Waals surface area contributed by atoms with E-state index >= 15 is 0 Å². The minimum atomic E-state index is -3.93. The van der Waals surface area contributed by atoms with E-state index in [0.717, 1.165) is 6.07 Å². The molecule has 0 aromatic heterocycles. The zero-order valence-corrected chi connectivity index (χ0v) is 12.5. The number of ether oxygens (including phenoxy) is 2. The van der Waals surface area contributed by atoms with Gasteiger partial charge in [0.05, 0.1) is 36.8 Å². The van der Waals surface area contributed by atoms with Gasteiger partial charge in [-0.15, -0.1) is 0 Å². The Labute approximate surface area is 122 Å². The van der Waals surface area contributed by atoms with Crippen molar-refractivity contribution in [1.82, 2.24) is 4.72 Å². The van der Waals surface area contributed by atoms with Gasteiger partial charge in [0, 0.05) is 7.11 Å². The molecule has 0 saturated heterocycles. The van der Waals surface area contributed by atoms with Gasteiger partial charge in [-0.05, 0) is 18.2 Å². The van der Waals surface area contributed by atoms with Crippen LogP contribution in [-0.2, 0) is 14.8 Å². The average Bonchev–Trinajstić information content (AvgIpc) is 2.45. The lowest BCUT2D eigenvalue weighted by molar-refractivity contribution is 0.0997. The number of hydrogen-bond acceptors (Lipinski definition) is 6. The Morgan fingerprint density at radius 3 is 2.57 bits per heavy atom. The fourth-order valence-corrected chi connectivity index (χ4v) is 2.90. The van der Waals surface area contributed by atoms with Crippen LogP contribution in [0.4, 0.5) is 0 Å². The number of sulfonamides is 1. The highest BCUT2D eigenvalue weighted by molar-refractivity contribution is 7.89. The molecular weight excluding hydrogens is 300 g/mol. The van der Waals surface area contributed by atoms with Crippen LogP contribution in [0, 0.1) is 0 Å². The molecule has 0 heterocycles. The molecule has 1 aromatic carbocycles. The molecule has 0 aliphatic rings. The van der Waals surface area contributed by atoms with Crippen molar-refractivity contribution in [3.05, 3.63) is 23.8 Å². The van der Waals surface area contributed by atoms with Crippen LogP contribution < -0.4 is 15.2 Å². The van der Waals surface area contributed by atoms with E-state index in [0.29, 0.717) is 0 Å². The largest absolute Gasteiger partial charge is 0.496 e. The van der Waals surface area contributed by atoms with E-state index in [-0.39, 0.29) is 22.8 Å². The van der Waals surface area contributed by atoms with E-state index in [2.05, 4.69) is 4.72 Å². The molecule has 1 aromatic rings. The first-order valence-corrected chi connectivity index (χ1v) is 7.44. The van der Waals surface area contributed by atoms with Crippen LogP contribution in [-0.4, -0.2) is 52.9 Å². The maximum absolute atomic E-state index is 12.2. The molecular formula is C12H18N2O6S. The van der Waals surface area contributed by atoms with E-state index < -0.39 is 28.6 Å². The summed E-state index contributed by atoms with van der Waals surface area (Å²) in [4.78, 5) is 11.1. The van der Waals surface area contributed by atoms with Crippen molar-refractivity contribution < 1.29 is 27.8 Å². The van der Waals surface area contributed by atoms with Crippen LogP contribution in [0.25, 0.3) is 0 Å². The van der Waals surface area contributed by atoms with Gasteiger partial charge in [-0.25, -0.2) is 13.1 Å². The summed E-state index contributed by atoms with van der Waals surface area (Å²) in [7, 11) is -1.20. The van der Waals surface area contributed by atoms with Gasteiger partial charge >= 0.3 is 0 Å². The summed E-state index contributed by atoms with van der Waals surface area (Å²) in [6.45, 7) is -0.416. The number of nitrogens with two attached hydrogens (primary N) is 1. The fourth-order valence-electron chi connectivity index (χ4n) is 1.66. The van der Waals surface area contributed by atoms with Crippen molar-refractivity contribution in [2.45, 2.75) is 10.9 Å². The Balaban J connectivity index is 3.14. The first-order chi connectivity index (χ1) is 9.85. The molecule has 21 heavy (non-hydrogen) atoms. The monoisotopic (exact) mass is 318 g/mol. The molecule has 1 atom stereocenters. The van der Waals surface area contributed by atoms with E-state index in [9.17, 15) is 13.2 Å². The van der Waals surface area contributed by atoms with Crippen molar-refractivity contribution in [3.63, 3.8) is 0 Å². The number of aliphatic hydroxyl groups excluding tert-OH is 1. The number of carbonyl (C=O) groups excluding carboxylic acids is 1. The summed E-state index contributed by atoms with van der Waals surface area (Å²) in [6, 6.07) is 2.93. The second-order valence-corrected chi connectivity index (χ2v) is 5.90. The quantitative estimate of drug-likeness (QED) is 0.569. The molecule has 1 rings (SSSR count). The summed E-state index contributed by atoms with van der Waals surface area (Å²) in [5.74, 6) is -0.628. The standard InChI is InChI=1S/C12H18N2O6S/c1-19-7-8(6-15)14-21(17,18)9-3-4-11(20-2)10(5-9)12(13)16/h3-5,8,14-15H,6-7H2,1-2H3,(H2,13,16). The number of benzene rings is 1. The number of rotatable bonds is 8. The number of primary amides is 1. The smallest absolute Gasteiger partial charge is 0.252 e. The molecule has 4 N–H and O–H groups in total. The van der Waals surface area contributed by atoms with Gasteiger partial charge in [0.15, 0.2) is 0 Å². The molecule has 118 valence electrons. The first kappa shape index (κ1) is 17.4. The molecule has 0 aliphatic heterocycles. The average molecular weight is 318 g/mol. The van der Waals surface area contributed by atoms with Crippen LogP contribution in [0.3, 0.4) is 0 Å². The third-order valence-electron chi connectivity index (χ3n) is 2.66. The van der Waals surface area contributed by atoms with Gasteiger partial charge in [-0.2, -0.15) is 0 Å². The molecule has 0 aliphatic carbocycles. The predicted molar refractivity (Wildman–Crippen MR) is 74.6 cm³/mol. The summed E-state index contributed by atoms with van der Waals surface area (Å²) >= 11 is 0. The maximum atomic E-state index is 12.2. The predicted octanol–water partition coefficient (Wildman–Crippen LogP) is -0.920. The van der Waals surface area contributed by atoms with E-state index in [4.69, 9.17) is 20.3 Å². The van der Waals surface area contributed by atoms with Crippen LogP contribution in [0.5, 0.6) is 5.75 Å². The molecule has 1 unspecified atom stereocenters. The normalized spacial score (nSPS) is 12.9. The Morgan fingerprint density at radius 1 is 1.43 bits per heavy atom. The van der Waals surface area contributed by atoms with Crippen molar-refractivity contribution in [3.8, 4) is 5.75 Å². The number of nitrogens with one attached hydrogen (secondary N) is 1. The Bertz CT molecular complexity index is 602. The number of carbonyl (C=O) groups is 1. The number of aliphatic hydroxyl groups is 1. The highest BCUT2D eigenvalue weighted by atomic mass is 32.2.